The van der Waals surface area contributed by atoms with Gasteiger partial charge in [0.25, 0.3) is 0 Å². The maximum absolute atomic E-state index is 12.4. The van der Waals surface area contributed by atoms with Crippen LogP contribution in [0.2, 0.25) is 0 Å². The topological polar surface area (TPSA) is 51.0 Å². The van der Waals surface area contributed by atoms with Gasteiger partial charge in [0.2, 0.25) is 0 Å². The third-order valence-electron chi connectivity index (χ3n) is 4.02. The zero-order chi connectivity index (χ0) is 14.8. The molecule has 2 heterocycles. The molecule has 7 heteroatoms. The number of morpholine rings is 1. The largest absolute Gasteiger partial charge is 0.433 e. The monoisotopic (exact) mass is 299 g/mol. The quantitative estimate of drug-likeness (QED) is 0.855. The van der Waals surface area contributed by atoms with Crippen molar-refractivity contribution in [2.24, 2.45) is 0 Å². The molecular weight excluding hydrogens is 280 g/mol. The van der Waals surface area contributed by atoms with Gasteiger partial charge in [-0.1, -0.05) is 0 Å². The molecular formula is C14H19F2N3O2. The Morgan fingerprint density at radius 2 is 2.14 bits per heavy atom. The van der Waals surface area contributed by atoms with Crippen molar-refractivity contribution < 1.29 is 18.3 Å². The highest BCUT2D eigenvalue weighted by atomic mass is 19.3. The third kappa shape index (κ3) is 3.19. The van der Waals surface area contributed by atoms with Gasteiger partial charge < -0.3 is 20.1 Å². The Morgan fingerprint density at radius 1 is 1.29 bits per heavy atom. The van der Waals surface area contributed by atoms with Gasteiger partial charge in [-0.05, 0) is 12.1 Å². The Hall–Kier alpha value is -1.60. The minimum atomic E-state index is -2.87. The summed E-state index contributed by atoms with van der Waals surface area (Å²) in [6.45, 7) is 2.21. The number of alkyl halides is 2. The highest BCUT2D eigenvalue weighted by Crippen LogP contribution is 2.30. The van der Waals surface area contributed by atoms with Gasteiger partial charge in [0.05, 0.1) is 24.9 Å². The number of nitrogens with two attached hydrogens (primary N) is 1. The van der Waals surface area contributed by atoms with E-state index in [0.717, 1.165) is 38.5 Å². The molecule has 3 rings (SSSR count). The minimum Gasteiger partial charge on any atom is -0.433 e. The van der Waals surface area contributed by atoms with Gasteiger partial charge in [-0.3, -0.25) is 4.90 Å². The Bertz CT molecular complexity index is 501. The minimum absolute atomic E-state index is 0.0322. The van der Waals surface area contributed by atoms with Crippen LogP contribution in [0.25, 0.3) is 0 Å². The SMILES string of the molecule is Nc1ccc(N2CCN3CCOC[C@@H]3C2)cc1OC(F)F. The van der Waals surface area contributed by atoms with Crippen LogP contribution in [-0.4, -0.2) is 56.9 Å². The van der Waals surface area contributed by atoms with Gasteiger partial charge in [0, 0.05) is 37.9 Å². The summed E-state index contributed by atoms with van der Waals surface area (Å²) in [6, 6.07) is 5.38. The van der Waals surface area contributed by atoms with E-state index in [0.29, 0.717) is 12.6 Å². The smallest absolute Gasteiger partial charge is 0.387 e. The van der Waals surface area contributed by atoms with E-state index in [1.165, 1.54) is 0 Å². The number of halogens is 2. The molecule has 1 atom stereocenters. The predicted molar refractivity (Wildman–Crippen MR) is 75.9 cm³/mol. The summed E-state index contributed by atoms with van der Waals surface area (Å²) >= 11 is 0. The number of fused-ring (bicyclic) bond motifs is 1. The van der Waals surface area contributed by atoms with Gasteiger partial charge >= 0.3 is 6.61 Å². The predicted octanol–water partition coefficient (Wildman–Crippen LogP) is 1.39. The summed E-state index contributed by atoms with van der Waals surface area (Å²) in [5.74, 6) is 0.0322. The first-order chi connectivity index (χ1) is 10.1. The van der Waals surface area contributed by atoms with Gasteiger partial charge in [-0.2, -0.15) is 8.78 Å². The lowest BCUT2D eigenvalue weighted by Gasteiger charge is -2.44. The number of piperazine rings is 1. The molecule has 0 aliphatic carbocycles. The van der Waals surface area contributed by atoms with Crippen LogP contribution in [0.15, 0.2) is 18.2 Å². The molecule has 116 valence electrons. The molecule has 0 aromatic heterocycles. The third-order valence-corrected chi connectivity index (χ3v) is 4.02. The van der Waals surface area contributed by atoms with E-state index in [1.54, 1.807) is 12.1 Å². The van der Waals surface area contributed by atoms with Crippen LogP contribution in [-0.2, 0) is 4.74 Å². The van der Waals surface area contributed by atoms with Crippen molar-refractivity contribution in [2.75, 3.05) is 50.0 Å². The zero-order valence-electron chi connectivity index (χ0n) is 11.7. The van der Waals surface area contributed by atoms with Crippen LogP contribution in [0, 0.1) is 0 Å². The second-order valence-corrected chi connectivity index (χ2v) is 5.31. The number of anilines is 2. The molecule has 0 saturated carbocycles. The van der Waals surface area contributed by atoms with E-state index >= 15 is 0 Å². The lowest BCUT2D eigenvalue weighted by atomic mass is 10.1. The Morgan fingerprint density at radius 3 is 2.95 bits per heavy atom. The van der Waals surface area contributed by atoms with E-state index in [1.807, 2.05) is 6.07 Å². The lowest BCUT2D eigenvalue weighted by molar-refractivity contribution is -0.0493. The standard InChI is InChI=1S/C14H19F2N3O2/c15-14(16)21-13-7-10(1-2-12(13)17)19-4-3-18-5-6-20-9-11(18)8-19/h1-2,7,11,14H,3-6,8-9,17H2/t11-/m0/s1. The number of rotatable bonds is 3. The van der Waals surface area contributed by atoms with Crippen molar-refractivity contribution in [1.82, 2.24) is 4.90 Å². The number of nitrogens with zero attached hydrogens (tertiary/aromatic N) is 2. The van der Waals surface area contributed by atoms with Gasteiger partial charge in [0.15, 0.2) is 5.75 Å². The molecule has 2 aliphatic heterocycles. The van der Waals surface area contributed by atoms with Crippen LogP contribution in [0.5, 0.6) is 5.75 Å². The molecule has 2 saturated heterocycles. The van der Waals surface area contributed by atoms with E-state index in [4.69, 9.17) is 10.5 Å². The van der Waals surface area contributed by atoms with E-state index in [-0.39, 0.29) is 11.4 Å². The van der Waals surface area contributed by atoms with Gasteiger partial charge in [-0.15, -0.1) is 0 Å². The average molecular weight is 299 g/mol. The molecule has 1 aromatic rings. The summed E-state index contributed by atoms with van der Waals surface area (Å²) in [5.41, 5.74) is 6.74. The fraction of sp³-hybridized carbons (Fsp3) is 0.571. The summed E-state index contributed by atoms with van der Waals surface area (Å²) in [7, 11) is 0. The second kappa shape index (κ2) is 6.03. The first-order valence-corrected chi connectivity index (χ1v) is 7.04. The molecule has 0 bridgehead atoms. The van der Waals surface area contributed by atoms with Crippen LogP contribution < -0.4 is 15.4 Å². The average Bonchev–Trinajstić information content (AvgIpc) is 2.48. The van der Waals surface area contributed by atoms with E-state index in [9.17, 15) is 8.78 Å². The molecule has 5 nitrogen and oxygen atoms in total. The first-order valence-electron chi connectivity index (χ1n) is 7.04. The van der Waals surface area contributed by atoms with Crippen LogP contribution in [0.1, 0.15) is 0 Å². The van der Waals surface area contributed by atoms with Crippen molar-refractivity contribution in [3.8, 4) is 5.75 Å². The van der Waals surface area contributed by atoms with Crippen molar-refractivity contribution in [3.05, 3.63) is 18.2 Å². The summed E-state index contributed by atoms with van der Waals surface area (Å²) in [5, 5.41) is 0. The lowest BCUT2D eigenvalue weighted by Crippen LogP contribution is -2.58. The number of hydrogen-bond donors (Lipinski definition) is 1. The number of benzene rings is 1. The van der Waals surface area contributed by atoms with Crippen LogP contribution in [0.3, 0.4) is 0 Å². The maximum Gasteiger partial charge on any atom is 0.387 e. The zero-order valence-corrected chi connectivity index (χ0v) is 11.7. The molecule has 1 aromatic carbocycles. The molecule has 2 aliphatic rings. The molecule has 0 spiro atoms. The Labute approximate surface area is 122 Å². The van der Waals surface area contributed by atoms with Crippen LogP contribution >= 0.6 is 0 Å². The highest BCUT2D eigenvalue weighted by Gasteiger charge is 2.29. The molecule has 0 unspecified atom stereocenters. The second-order valence-electron chi connectivity index (χ2n) is 5.31. The summed E-state index contributed by atoms with van der Waals surface area (Å²) < 4.78 is 34.7. The van der Waals surface area contributed by atoms with Gasteiger partial charge in [0.1, 0.15) is 0 Å². The molecule has 21 heavy (non-hydrogen) atoms. The fourth-order valence-electron chi connectivity index (χ4n) is 2.90. The Balaban J connectivity index is 1.74. The normalized spacial score (nSPS) is 23.2. The van der Waals surface area contributed by atoms with E-state index in [2.05, 4.69) is 14.5 Å². The van der Waals surface area contributed by atoms with Crippen LogP contribution in [0.4, 0.5) is 20.2 Å². The molecule has 0 radical (unpaired) electrons. The van der Waals surface area contributed by atoms with Crippen molar-refractivity contribution in [2.45, 2.75) is 12.7 Å². The van der Waals surface area contributed by atoms with E-state index < -0.39 is 6.61 Å². The number of ether oxygens (including phenoxy) is 2. The van der Waals surface area contributed by atoms with Gasteiger partial charge in [-0.25, -0.2) is 0 Å². The number of hydrogen-bond acceptors (Lipinski definition) is 5. The molecule has 2 N–H and O–H groups in total. The Kier molecular flexibility index (Phi) is 4.12. The first kappa shape index (κ1) is 14.3. The van der Waals surface area contributed by atoms with Crippen molar-refractivity contribution in [1.29, 1.82) is 0 Å². The summed E-state index contributed by atoms with van der Waals surface area (Å²) in [4.78, 5) is 4.57. The highest BCUT2D eigenvalue weighted by molar-refractivity contribution is 5.62. The van der Waals surface area contributed by atoms with Crippen molar-refractivity contribution >= 4 is 11.4 Å². The summed E-state index contributed by atoms with van der Waals surface area (Å²) in [6.07, 6.45) is 0. The molecule has 2 fully saturated rings. The fourth-order valence-corrected chi connectivity index (χ4v) is 2.90. The maximum atomic E-state index is 12.4. The van der Waals surface area contributed by atoms with Crippen molar-refractivity contribution in [3.63, 3.8) is 0 Å². The molecule has 0 amide bonds. The number of nitrogen functional groups attached to an aromatic ring is 1.